The molecule has 8 heteroatoms. The maximum Gasteiger partial charge on any atom is 0.107 e. The Balaban J connectivity index is 2.49. The minimum Gasteiger partial charge on any atom is -0.270 e. The normalized spacial score (nSPS) is 12.7. The van der Waals surface area contributed by atoms with Gasteiger partial charge >= 0.3 is 0 Å². The van der Waals surface area contributed by atoms with E-state index in [1.54, 1.807) is 12.4 Å². The molecule has 0 aromatic carbocycles. The van der Waals surface area contributed by atoms with Gasteiger partial charge in [0.2, 0.25) is 0 Å². The molecular formula is C12H14Br3N5. The summed E-state index contributed by atoms with van der Waals surface area (Å²) in [5.41, 5.74) is 4.60. The molecule has 5 nitrogen and oxygen atoms in total. The Morgan fingerprint density at radius 1 is 1.30 bits per heavy atom. The van der Waals surface area contributed by atoms with Crippen LogP contribution < -0.4 is 11.3 Å². The second-order valence-electron chi connectivity index (χ2n) is 4.22. The van der Waals surface area contributed by atoms with Crippen LogP contribution >= 0.6 is 47.8 Å². The fourth-order valence-corrected chi connectivity index (χ4v) is 3.72. The predicted octanol–water partition coefficient (Wildman–Crippen LogP) is 3.53. The molecule has 2 aromatic heterocycles. The highest BCUT2D eigenvalue weighted by molar-refractivity contribution is 9.11. The van der Waals surface area contributed by atoms with Crippen LogP contribution in [0.25, 0.3) is 0 Å². The van der Waals surface area contributed by atoms with Crippen molar-refractivity contribution in [2.75, 3.05) is 0 Å². The molecule has 0 saturated heterocycles. The topological polar surface area (TPSA) is 68.8 Å². The molecule has 1 unspecified atom stereocenters. The van der Waals surface area contributed by atoms with E-state index in [4.69, 9.17) is 5.84 Å². The second-order valence-corrected chi connectivity index (χ2v) is 6.85. The van der Waals surface area contributed by atoms with E-state index in [0.29, 0.717) is 0 Å². The second kappa shape index (κ2) is 7.13. The smallest absolute Gasteiger partial charge is 0.107 e. The largest absolute Gasteiger partial charge is 0.270 e. The number of aryl methyl sites for hydroxylation is 1. The summed E-state index contributed by atoms with van der Waals surface area (Å²) in [7, 11) is 0. The van der Waals surface area contributed by atoms with Crippen LogP contribution in [0.15, 0.2) is 31.9 Å². The van der Waals surface area contributed by atoms with Crippen LogP contribution in [0.3, 0.4) is 0 Å². The molecule has 0 aliphatic carbocycles. The van der Waals surface area contributed by atoms with Crippen LogP contribution in [0.5, 0.6) is 0 Å². The highest BCUT2D eigenvalue weighted by atomic mass is 79.9. The zero-order valence-corrected chi connectivity index (χ0v) is 15.5. The van der Waals surface area contributed by atoms with Gasteiger partial charge in [0.25, 0.3) is 0 Å². The standard InChI is InChI=1S/C12H14Br3N5/c1-2-3-20-12(9(15)6-18-20)11(19-16)10-8(14)4-7(13)5-17-10/h4-6,11,19H,2-3,16H2,1H3. The molecule has 0 aliphatic rings. The average Bonchev–Trinajstić information content (AvgIpc) is 2.75. The zero-order valence-electron chi connectivity index (χ0n) is 10.8. The van der Waals surface area contributed by atoms with E-state index in [9.17, 15) is 0 Å². The molecule has 2 heterocycles. The fraction of sp³-hybridized carbons (Fsp3) is 0.333. The molecule has 0 spiro atoms. The molecule has 0 amide bonds. The Labute approximate surface area is 142 Å². The van der Waals surface area contributed by atoms with Crippen molar-refractivity contribution >= 4 is 47.8 Å². The van der Waals surface area contributed by atoms with E-state index >= 15 is 0 Å². The summed E-state index contributed by atoms with van der Waals surface area (Å²) in [4.78, 5) is 4.45. The molecule has 20 heavy (non-hydrogen) atoms. The Hall–Kier alpha value is -0.280. The van der Waals surface area contributed by atoms with Crippen molar-refractivity contribution < 1.29 is 0 Å². The van der Waals surface area contributed by atoms with E-state index < -0.39 is 0 Å². The van der Waals surface area contributed by atoms with E-state index in [-0.39, 0.29) is 6.04 Å². The molecule has 0 saturated carbocycles. The molecule has 0 radical (unpaired) electrons. The van der Waals surface area contributed by atoms with Gasteiger partial charge in [0.15, 0.2) is 0 Å². The lowest BCUT2D eigenvalue weighted by atomic mass is 10.1. The summed E-state index contributed by atoms with van der Waals surface area (Å²) in [5, 5.41) is 4.37. The third kappa shape index (κ3) is 3.30. The summed E-state index contributed by atoms with van der Waals surface area (Å²) < 4.78 is 4.63. The summed E-state index contributed by atoms with van der Waals surface area (Å²) >= 11 is 10.5. The van der Waals surface area contributed by atoms with Gasteiger partial charge in [-0.05, 0) is 60.3 Å². The lowest BCUT2D eigenvalue weighted by Crippen LogP contribution is -2.32. The van der Waals surface area contributed by atoms with Crippen molar-refractivity contribution in [2.24, 2.45) is 5.84 Å². The maximum atomic E-state index is 5.75. The number of aromatic nitrogens is 3. The van der Waals surface area contributed by atoms with Gasteiger partial charge in [-0.15, -0.1) is 0 Å². The SMILES string of the molecule is CCCn1ncc(Br)c1C(NN)c1ncc(Br)cc1Br. The average molecular weight is 468 g/mol. The summed E-state index contributed by atoms with van der Waals surface area (Å²) in [6.45, 7) is 2.94. The summed E-state index contributed by atoms with van der Waals surface area (Å²) in [6, 6.07) is 1.70. The molecule has 0 bridgehead atoms. The van der Waals surface area contributed by atoms with E-state index in [1.807, 2.05) is 10.7 Å². The van der Waals surface area contributed by atoms with Crippen molar-refractivity contribution in [2.45, 2.75) is 25.9 Å². The molecule has 3 N–H and O–H groups in total. The van der Waals surface area contributed by atoms with Crippen LogP contribution in [-0.2, 0) is 6.54 Å². The van der Waals surface area contributed by atoms with Crippen LogP contribution in [0.4, 0.5) is 0 Å². The molecule has 1 atom stereocenters. The van der Waals surface area contributed by atoms with Crippen LogP contribution in [0.2, 0.25) is 0 Å². The van der Waals surface area contributed by atoms with Crippen molar-refractivity contribution in [1.29, 1.82) is 0 Å². The first kappa shape index (κ1) is 16.1. The number of hydrogen-bond acceptors (Lipinski definition) is 4. The predicted molar refractivity (Wildman–Crippen MR) is 89.0 cm³/mol. The van der Waals surface area contributed by atoms with E-state index in [1.165, 1.54) is 0 Å². The Kier molecular flexibility index (Phi) is 5.74. The van der Waals surface area contributed by atoms with Crippen molar-refractivity contribution in [3.8, 4) is 0 Å². The first-order valence-electron chi connectivity index (χ1n) is 6.06. The summed E-state index contributed by atoms with van der Waals surface area (Å²) in [5.74, 6) is 5.75. The van der Waals surface area contributed by atoms with Gasteiger partial charge in [-0.1, -0.05) is 6.92 Å². The van der Waals surface area contributed by atoms with Gasteiger partial charge in [-0.25, -0.2) is 5.43 Å². The molecule has 0 aliphatic heterocycles. The van der Waals surface area contributed by atoms with Crippen molar-refractivity contribution in [3.63, 3.8) is 0 Å². The minimum absolute atomic E-state index is 0.249. The third-order valence-electron chi connectivity index (χ3n) is 2.82. The number of pyridine rings is 1. The number of rotatable bonds is 5. The number of nitrogens with zero attached hydrogens (tertiary/aromatic N) is 3. The van der Waals surface area contributed by atoms with E-state index in [0.717, 1.165) is 37.8 Å². The Morgan fingerprint density at radius 3 is 2.65 bits per heavy atom. The molecular weight excluding hydrogens is 454 g/mol. The van der Waals surface area contributed by atoms with Gasteiger partial charge in [-0.3, -0.25) is 15.5 Å². The first-order valence-corrected chi connectivity index (χ1v) is 8.44. The van der Waals surface area contributed by atoms with Crippen LogP contribution in [0, 0.1) is 0 Å². The third-order valence-corrected chi connectivity index (χ3v) is 4.50. The quantitative estimate of drug-likeness (QED) is 0.521. The van der Waals surface area contributed by atoms with Crippen LogP contribution in [-0.4, -0.2) is 14.8 Å². The Morgan fingerprint density at radius 2 is 2.05 bits per heavy atom. The highest BCUT2D eigenvalue weighted by Gasteiger charge is 2.24. The van der Waals surface area contributed by atoms with Gasteiger partial charge < -0.3 is 0 Å². The number of hydrazine groups is 1. The van der Waals surface area contributed by atoms with Gasteiger partial charge in [0.1, 0.15) is 6.04 Å². The van der Waals surface area contributed by atoms with E-state index in [2.05, 4.69) is 70.2 Å². The number of nitrogens with two attached hydrogens (primary N) is 1. The fourth-order valence-electron chi connectivity index (χ4n) is 1.97. The van der Waals surface area contributed by atoms with Crippen LogP contribution in [0.1, 0.15) is 30.8 Å². The lowest BCUT2D eigenvalue weighted by Gasteiger charge is -2.19. The number of hydrogen-bond donors (Lipinski definition) is 2. The first-order chi connectivity index (χ1) is 9.58. The molecule has 2 aromatic rings. The molecule has 108 valence electrons. The number of nitrogens with one attached hydrogen (secondary N) is 1. The molecule has 2 rings (SSSR count). The van der Waals surface area contributed by atoms with Gasteiger partial charge in [-0.2, -0.15) is 5.10 Å². The Bertz CT molecular complexity index is 599. The van der Waals surface area contributed by atoms with Gasteiger partial charge in [0.05, 0.1) is 22.1 Å². The lowest BCUT2D eigenvalue weighted by molar-refractivity contribution is 0.512. The zero-order chi connectivity index (χ0) is 14.7. The number of halogens is 3. The highest BCUT2D eigenvalue weighted by Crippen LogP contribution is 2.32. The minimum atomic E-state index is -0.249. The monoisotopic (exact) mass is 465 g/mol. The van der Waals surface area contributed by atoms with Crippen molar-refractivity contribution in [3.05, 3.63) is 43.3 Å². The van der Waals surface area contributed by atoms with Gasteiger partial charge in [0, 0.05) is 21.7 Å². The van der Waals surface area contributed by atoms with Crippen molar-refractivity contribution in [1.82, 2.24) is 20.2 Å². The summed E-state index contributed by atoms with van der Waals surface area (Å²) in [6.07, 6.45) is 4.52. The maximum absolute atomic E-state index is 5.75. The molecule has 0 fully saturated rings.